The number of hydrogen-bond donors (Lipinski definition) is 1. The van der Waals surface area contributed by atoms with E-state index in [1.54, 1.807) is 0 Å². The summed E-state index contributed by atoms with van der Waals surface area (Å²) in [7, 11) is 0. The van der Waals surface area contributed by atoms with Crippen LogP contribution in [-0.4, -0.2) is 24.2 Å². The molecule has 122 valence electrons. The van der Waals surface area contributed by atoms with E-state index < -0.39 is 0 Å². The van der Waals surface area contributed by atoms with Crippen LogP contribution < -0.4 is 5.32 Å². The van der Waals surface area contributed by atoms with Crippen molar-refractivity contribution in [3.8, 4) is 0 Å². The molecule has 0 radical (unpaired) electrons. The first kappa shape index (κ1) is 14.9. The Hall–Kier alpha value is -0.700. The van der Waals surface area contributed by atoms with Crippen LogP contribution in [0, 0.1) is 28.6 Å². The van der Waals surface area contributed by atoms with Crippen LogP contribution in [0.3, 0.4) is 0 Å². The number of carbonyl (C=O) groups excluding carboxylic acids is 2. The molecule has 0 aromatic rings. The number of fused-ring (bicyclic) bond motifs is 5. The quantitative estimate of drug-likeness (QED) is 0.748. The Morgan fingerprint density at radius 1 is 1.00 bits per heavy atom. The lowest BCUT2D eigenvalue weighted by Crippen LogP contribution is -2.56. The lowest BCUT2D eigenvalue weighted by molar-refractivity contribution is -0.132. The van der Waals surface area contributed by atoms with Gasteiger partial charge in [0.2, 0.25) is 0 Å². The monoisotopic (exact) mass is 303 g/mol. The van der Waals surface area contributed by atoms with E-state index in [1.807, 2.05) is 0 Å². The maximum absolute atomic E-state index is 12.4. The molecule has 0 aromatic heterocycles. The molecule has 1 saturated heterocycles. The lowest BCUT2D eigenvalue weighted by atomic mass is 9.52. The van der Waals surface area contributed by atoms with Gasteiger partial charge in [0, 0.05) is 30.7 Å². The molecule has 4 rings (SSSR count). The number of carbonyl (C=O) groups is 2. The zero-order chi connectivity index (χ0) is 15.5. The minimum Gasteiger partial charge on any atom is -0.313 e. The van der Waals surface area contributed by atoms with E-state index in [2.05, 4.69) is 19.2 Å². The molecular weight excluding hydrogens is 274 g/mol. The molecule has 1 heterocycles. The number of hydrogen-bond acceptors (Lipinski definition) is 3. The van der Waals surface area contributed by atoms with E-state index >= 15 is 0 Å². The molecular formula is C19H29NO2. The van der Waals surface area contributed by atoms with Crippen molar-refractivity contribution in [2.45, 2.75) is 71.3 Å². The van der Waals surface area contributed by atoms with E-state index in [1.165, 1.54) is 0 Å². The highest BCUT2D eigenvalue weighted by molar-refractivity contribution is 5.87. The van der Waals surface area contributed by atoms with Crippen molar-refractivity contribution in [2.75, 3.05) is 6.54 Å². The van der Waals surface area contributed by atoms with Gasteiger partial charge in [-0.05, 0) is 61.8 Å². The largest absolute Gasteiger partial charge is 0.313 e. The van der Waals surface area contributed by atoms with Gasteiger partial charge in [0.25, 0.3) is 0 Å². The van der Waals surface area contributed by atoms with Crippen LogP contribution in [0.1, 0.15) is 65.2 Å². The highest BCUT2D eigenvalue weighted by Gasteiger charge is 2.59. The summed E-state index contributed by atoms with van der Waals surface area (Å²) in [5.74, 6) is 2.70. The zero-order valence-electron chi connectivity index (χ0n) is 14.0. The van der Waals surface area contributed by atoms with Crippen molar-refractivity contribution in [2.24, 2.45) is 28.6 Å². The topological polar surface area (TPSA) is 46.2 Å². The summed E-state index contributed by atoms with van der Waals surface area (Å²) in [6, 6.07) is 0.494. The second-order valence-electron chi connectivity index (χ2n) is 8.85. The fourth-order valence-corrected chi connectivity index (χ4v) is 6.51. The highest BCUT2D eigenvalue weighted by atomic mass is 16.1. The first-order valence-corrected chi connectivity index (χ1v) is 9.23. The summed E-state index contributed by atoms with van der Waals surface area (Å²) in [6.45, 7) is 5.70. The van der Waals surface area contributed by atoms with Gasteiger partial charge >= 0.3 is 0 Å². The molecule has 22 heavy (non-hydrogen) atoms. The van der Waals surface area contributed by atoms with E-state index in [0.29, 0.717) is 40.8 Å². The highest BCUT2D eigenvalue weighted by Crippen LogP contribution is 2.59. The van der Waals surface area contributed by atoms with E-state index in [-0.39, 0.29) is 5.41 Å². The third-order valence-corrected chi connectivity index (χ3v) is 8.05. The average Bonchev–Trinajstić information content (AvgIpc) is 2.70. The Kier molecular flexibility index (Phi) is 3.31. The van der Waals surface area contributed by atoms with Crippen molar-refractivity contribution in [3.63, 3.8) is 0 Å². The molecule has 0 spiro atoms. The fourth-order valence-electron chi connectivity index (χ4n) is 6.51. The summed E-state index contributed by atoms with van der Waals surface area (Å²) < 4.78 is 0. The van der Waals surface area contributed by atoms with Crippen LogP contribution in [0.4, 0.5) is 0 Å². The molecule has 3 aliphatic carbocycles. The summed E-state index contributed by atoms with van der Waals surface area (Å²) in [5, 5.41) is 3.83. The van der Waals surface area contributed by atoms with Crippen LogP contribution in [0.2, 0.25) is 0 Å². The number of ketones is 2. The molecule has 4 aliphatic rings. The van der Waals surface area contributed by atoms with Crippen molar-refractivity contribution >= 4 is 11.6 Å². The minimum absolute atomic E-state index is 0.0746. The van der Waals surface area contributed by atoms with Crippen LogP contribution in [0.25, 0.3) is 0 Å². The zero-order valence-corrected chi connectivity index (χ0v) is 14.0. The summed E-state index contributed by atoms with van der Waals surface area (Å²) in [5.41, 5.74) is 0.226. The standard InChI is InChI=1S/C19H29NO2/c1-18-8-5-13(21)11-12(18)7-10-20-17-14-3-4-16(22)19(14,2)9-6-15(17)18/h12,14-15,17,20H,3-11H2,1-2H3/t12?,14-,15-,17-,18-,19-/m0/s1. The average molecular weight is 303 g/mol. The third kappa shape index (κ3) is 1.90. The number of nitrogens with one attached hydrogen (secondary N) is 1. The van der Waals surface area contributed by atoms with Crippen molar-refractivity contribution < 1.29 is 9.59 Å². The Morgan fingerprint density at radius 2 is 1.82 bits per heavy atom. The van der Waals surface area contributed by atoms with E-state index in [4.69, 9.17) is 0 Å². The summed E-state index contributed by atoms with van der Waals surface area (Å²) >= 11 is 0. The predicted octanol–water partition coefficient (Wildman–Crippen LogP) is 3.12. The first-order chi connectivity index (χ1) is 10.4. The van der Waals surface area contributed by atoms with Gasteiger partial charge in [0.1, 0.15) is 11.6 Å². The molecule has 1 unspecified atom stereocenters. The molecule has 1 aliphatic heterocycles. The number of Topliss-reactive ketones (excluding diaryl/α,β-unsaturated/α-hetero) is 2. The van der Waals surface area contributed by atoms with Crippen LogP contribution in [0.15, 0.2) is 0 Å². The van der Waals surface area contributed by atoms with Crippen molar-refractivity contribution in [1.82, 2.24) is 5.32 Å². The second kappa shape index (κ2) is 4.90. The molecule has 0 aromatic carbocycles. The van der Waals surface area contributed by atoms with Crippen LogP contribution >= 0.6 is 0 Å². The maximum atomic E-state index is 12.4. The van der Waals surface area contributed by atoms with Crippen LogP contribution in [0.5, 0.6) is 0 Å². The smallest absolute Gasteiger partial charge is 0.139 e. The van der Waals surface area contributed by atoms with Gasteiger partial charge in [-0.3, -0.25) is 9.59 Å². The predicted molar refractivity (Wildman–Crippen MR) is 85.4 cm³/mol. The normalized spacial score (nSPS) is 51.7. The maximum Gasteiger partial charge on any atom is 0.139 e. The van der Waals surface area contributed by atoms with Gasteiger partial charge in [0.05, 0.1) is 0 Å². The first-order valence-electron chi connectivity index (χ1n) is 9.23. The van der Waals surface area contributed by atoms with Crippen molar-refractivity contribution in [3.05, 3.63) is 0 Å². The molecule has 0 amide bonds. The fraction of sp³-hybridized carbons (Fsp3) is 0.895. The van der Waals surface area contributed by atoms with Gasteiger partial charge in [-0.15, -0.1) is 0 Å². The molecule has 1 N–H and O–H groups in total. The van der Waals surface area contributed by atoms with Gasteiger partial charge in [-0.25, -0.2) is 0 Å². The molecule has 3 nitrogen and oxygen atoms in total. The van der Waals surface area contributed by atoms with E-state index in [0.717, 1.165) is 57.9 Å². The lowest BCUT2D eigenvalue weighted by Gasteiger charge is -2.53. The van der Waals surface area contributed by atoms with Gasteiger partial charge < -0.3 is 5.32 Å². The molecule has 0 bridgehead atoms. The Bertz CT molecular complexity index is 516. The van der Waals surface area contributed by atoms with Gasteiger partial charge in [0.15, 0.2) is 0 Å². The molecule has 6 atom stereocenters. The Labute approximate surface area is 133 Å². The summed E-state index contributed by atoms with van der Waals surface area (Å²) in [4.78, 5) is 24.4. The number of rotatable bonds is 0. The van der Waals surface area contributed by atoms with Crippen molar-refractivity contribution in [1.29, 1.82) is 0 Å². The second-order valence-corrected chi connectivity index (χ2v) is 8.85. The molecule has 3 heteroatoms. The molecule has 3 saturated carbocycles. The van der Waals surface area contributed by atoms with Crippen LogP contribution in [-0.2, 0) is 9.59 Å². The Morgan fingerprint density at radius 3 is 2.64 bits per heavy atom. The minimum atomic E-state index is -0.0746. The van der Waals surface area contributed by atoms with E-state index in [9.17, 15) is 9.59 Å². The summed E-state index contributed by atoms with van der Waals surface area (Å²) in [6.07, 6.45) is 7.85. The SMILES string of the molecule is C[C@]12CCC(=O)CC1CCN[C@@H]1[C@@H]2CC[C@]2(C)C(=O)CC[C@@H]12. The van der Waals surface area contributed by atoms with Gasteiger partial charge in [-0.2, -0.15) is 0 Å². The molecule has 4 fully saturated rings. The third-order valence-electron chi connectivity index (χ3n) is 8.05. The van der Waals surface area contributed by atoms with Gasteiger partial charge in [-0.1, -0.05) is 13.8 Å². The Balaban J connectivity index is 1.68.